The minimum atomic E-state index is -1.00. The number of methoxy groups -OCH3 is 1. The summed E-state index contributed by atoms with van der Waals surface area (Å²) in [5.41, 5.74) is 3.03. The van der Waals surface area contributed by atoms with Crippen LogP contribution in [0.3, 0.4) is 0 Å². The lowest BCUT2D eigenvalue weighted by Crippen LogP contribution is -2.41. The molecule has 1 saturated heterocycles. The van der Waals surface area contributed by atoms with Gasteiger partial charge in [0.05, 0.1) is 6.61 Å². The summed E-state index contributed by atoms with van der Waals surface area (Å²) in [6.07, 6.45) is 11.0. The molecule has 0 radical (unpaired) electrons. The van der Waals surface area contributed by atoms with Crippen molar-refractivity contribution in [1.82, 2.24) is 14.7 Å². The molecule has 2 amide bonds. The first-order valence-corrected chi connectivity index (χ1v) is 14.5. The summed E-state index contributed by atoms with van der Waals surface area (Å²) >= 11 is 0. The molecule has 9 heteroatoms. The van der Waals surface area contributed by atoms with Crippen molar-refractivity contribution >= 4 is 12.0 Å². The molecule has 2 unspecified atom stereocenters. The Hall–Kier alpha value is -2.62. The van der Waals surface area contributed by atoms with E-state index in [4.69, 9.17) is 14.2 Å². The number of allylic oxidation sites excluding steroid dienone is 2. The molecule has 0 aromatic rings. The third kappa shape index (κ3) is 14.1. The molecule has 0 aromatic carbocycles. The molecule has 0 bridgehead atoms. The van der Waals surface area contributed by atoms with E-state index in [1.54, 1.807) is 24.9 Å². The number of amides is 2. The van der Waals surface area contributed by atoms with Crippen LogP contribution in [0, 0.1) is 0 Å². The van der Waals surface area contributed by atoms with Gasteiger partial charge in [-0.15, -0.1) is 0 Å². The highest BCUT2D eigenvalue weighted by atomic mass is 16.7. The molecule has 1 rings (SSSR count). The van der Waals surface area contributed by atoms with Crippen LogP contribution in [-0.4, -0.2) is 104 Å². The Labute approximate surface area is 242 Å². The van der Waals surface area contributed by atoms with Gasteiger partial charge in [0.25, 0.3) is 5.91 Å². The topological polar surface area (TPSA) is 91.8 Å². The van der Waals surface area contributed by atoms with Gasteiger partial charge in [-0.2, -0.15) is 0 Å². The van der Waals surface area contributed by atoms with Gasteiger partial charge in [0.2, 0.25) is 0 Å². The van der Waals surface area contributed by atoms with Crippen LogP contribution in [0.1, 0.15) is 65.7 Å². The van der Waals surface area contributed by atoms with Crippen molar-refractivity contribution in [3.63, 3.8) is 0 Å². The van der Waals surface area contributed by atoms with Crippen molar-refractivity contribution in [2.45, 2.75) is 78.1 Å². The molecule has 1 heterocycles. The number of carboxylic acid groups (broad SMARTS) is 1. The van der Waals surface area contributed by atoms with Crippen molar-refractivity contribution in [3.8, 4) is 0 Å². The molecule has 1 fully saturated rings. The van der Waals surface area contributed by atoms with Gasteiger partial charge < -0.3 is 34.0 Å². The fourth-order valence-electron chi connectivity index (χ4n) is 4.32. The van der Waals surface area contributed by atoms with E-state index in [2.05, 4.69) is 30.3 Å². The predicted octanol–water partition coefficient (Wildman–Crippen LogP) is 5.46. The SMILES string of the molecule is C=C/C(=C\CN(/C=C(/C)C(=C)C)CCCOC1CCCCCCO1)CN(C)C(=O)C(CCN(CC)C(=O)O)OC. The zero-order valence-electron chi connectivity index (χ0n) is 25.5. The van der Waals surface area contributed by atoms with E-state index < -0.39 is 12.2 Å². The average molecular weight is 564 g/mol. The lowest BCUT2D eigenvalue weighted by Gasteiger charge is -2.26. The van der Waals surface area contributed by atoms with Crippen LogP contribution in [0.4, 0.5) is 4.79 Å². The number of likely N-dealkylation sites (N-methyl/N-ethyl adjacent to an activating group) is 1. The Morgan fingerprint density at radius 3 is 2.52 bits per heavy atom. The van der Waals surface area contributed by atoms with Crippen LogP contribution in [0.2, 0.25) is 0 Å². The molecule has 228 valence electrons. The number of ether oxygens (including phenoxy) is 3. The standard InChI is InChI=1S/C31H53N3O6/c1-8-27(24-32(6)30(35)28(38-7)17-20-34(9-2)31(36)37)16-19-33(23-26(5)25(3)4)18-14-22-40-29-15-12-10-11-13-21-39-29/h8,16,23,28-29H,1,3,9-15,17-22,24H2,2,4-7H3,(H,36,37)/b26-23-,27-16+. The Morgan fingerprint density at radius 1 is 1.18 bits per heavy atom. The van der Waals surface area contributed by atoms with E-state index in [9.17, 15) is 14.7 Å². The highest BCUT2D eigenvalue weighted by Crippen LogP contribution is 2.15. The van der Waals surface area contributed by atoms with Crippen molar-refractivity contribution < 1.29 is 28.9 Å². The zero-order valence-corrected chi connectivity index (χ0v) is 25.5. The number of hydrogen-bond donors (Lipinski definition) is 1. The maximum Gasteiger partial charge on any atom is 0.407 e. The quantitative estimate of drug-likeness (QED) is 0.175. The van der Waals surface area contributed by atoms with Crippen molar-refractivity contribution in [3.05, 3.63) is 48.2 Å². The van der Waals surface area contributed by atoms with Gasteiger partial charge in [0, 0.05) is 66.1 Å². The van der Waals surface area contributed by atoms with Gasteiger partial charge in [-0.25, -0.2) is 4.79 Å². The van der Waals surface area contributed by atoms with E-state index in [1.807, 2.05) is 13.8 Å². The summed E-state index contributed by atoms with van der Waals surface area (Å²) in [5, 5.41) is 9.24. The molecule has 9 nitrogen and oxygen atoms in total. The second-order valence-corrected chi connectivity index (χ2v) is 10.4. The molecular weight excluding hydrogens is 510 g/mol. The van der Waals surface area contributed by atoms with Gasteiger partial charge in [-0.05, 0) is 57.6 Å². The van der Waals surface area contributed by atoms with Crippen LogP contribution in [0.5, 0.6) is 0 Å². The van der Waals surface area contributed by atoms with E-state index in [1.165, 1.54) is 24.9 Å². The van der Waals surface area contributed by atoms with E-state index >= 15 is 0 Å². The van der Waals surface area contributed by atoms with E-state index in [0.29, 0.717) is 32.7 Å². The fraction of sp³-hybridized carbons (Fsp3) is 0.677. The number of hydrogen-bond acceptors (Lipinski definition) is 6. The summed E-state index contributed by atoms with van der Waals surface area (Å²) < 4.78 is 17.3. The van der Waals surface area contributed by atoms with Crippen LogP contribution < -0.4 is 0 Å². The number of nitrogens with zero attached hydrogens (tertiary/aromatic N) is 3. The first-order chi connectivity index (χ1) is 19.1. The number of carbonyl (C=O) groups excluding carboxylic acids is 1. The molecule has 0 saturated carbocycles. The fourth-order valence-corrected chi connectivity index (χ4v) is 4.32. The molecule has 2 atom stereocenters. The summed E-state index contributed by atoms with van der Waals surface area (Å²) in [5.74, 6) is -0.194. The molecule has 0 aromatic heterocycles. The average Bonchev–Trinajstić information content (AvgIpc) is 2.91. The summed E-state index contributed by atoms with van der Waals surface area (Å²) in [6.45, 7) is 17.6. The zero-order chi connectivity index (χ0) is 29.9. The summed E-state index contributed by atoms with van der Waals surface area (Å²) in [7, 11) is 3.19. The van der Waals surface area contributed by atoms with Crippen LogP contribution in [0.15, 0.2) is 48.2 Å². The van der Waals surface area contributed by atoms with E-state index in [0.717, 1.165) is 55.6 Å². The van der Waals surface area contributed by atoms with Crippen molar-refractivity contribution in [2.24, 2.45) is 0 Å². The largest absolute Gasteiger partial charge is 0.465 e. The molecule has 0 aliphatic carbocycles. The predicted molar refractivity (Wildman–Crippen MR) is 160 cm³/mol. The Kier molecular flexibility index (Phi) is 18.0. The smallest absolute Gasteiger partial charge is 0.407 e. The lowest BCUT2D eigenvalue weighted by molar-refractivity contribution is -0.151. The van der Waals surface area contributed by atoms with Gasteiger partial charge in [-0.3, -0.25) is 4.79 Å². The molecule has 0 spiro atoms. The maximum atomic E-state index is 13.0. The van der Waals surface area contributed by atoms with Gasteiger partial charge in [0.1, 0.15) is 6.10 Å². The lowest BCUT2D eigenvalue weighted by atomic mass is 10.1. The molecule has 1 aliphatic heterocycles. The van der Waals surface area contributed by atoms with E-state index in [-0.39, 0.29) is 18.7 Å². The molecular formula is C31H53N3O6. The van der Waals surface area contributed by atoms with Crippen molar-refractivity contribution in [2.75, 3.05) is 60.1 Å². The normalized spacial score (nSPS) is 17.4. The van der Waals surface area contributed by atoms with Crippen molar-refractivity contribution in [1.29, 1.82) is 0 Å². The first kappa shape index (κ1) is 35.4. The minimum absolute atomic E-state index is 0.105. The van der Waals surface area contributed by atoms with Crippen LogP contribution in [-0.2, 0) is 19.0 Å². The second kappa shape index (κ2) is 20.3. The number of carbonyl (C=O) groups is 2. The summed E-state index contributed by atoms with van der Waals surface area (Å²) in [4.78, 5) is 29.4. The molecule has 40 heavy (non-hydrogen) atoms. The van der Waals surface area contributed by atoms with Crippen LogP contribution in [0.25, 0.3) is 0 Å². The van der Waals surface area contributed by atoms with Gasteiger partial charge in [0.15, 0.2) is 6.29 Å². The van der Waals surface area contributed by atoms with Crippen LogP contribution >= 0.6 is 0 Å². The third-order valence-corrected chi connectivity index (χ3v) is 7.10. The first-order valence-electron chi connectivity index (χ1n) is 14.5. The monoisotopic (exact) mass is 563 g/mol. The van der Waals surface area contributed by atoms with Gasteiger partial charge >= 0.3 is 6.09 Å². The number of rotatable bonds is 18. The minimum Gasteiger partial charge on any atom is -0.465 e. The summed E-state index contributed by atoms with van der Waals surface area (Å²) in [6, 6.07) is 0. The molecule has 1 N–H and O–H groups in total. The Morgan fingerprint density at radius 2 is 1.90 bits per heavy atom. The third-order valence-electron chi connectivity index (χ3n) is 7.10. The highest BCUT2D eigenvalue weighted by molar-refractivity contribution is 5.81. The Balaban J connectivity index is 2.74. The van der Waals surface area contributed by atoms with Gasteiger partial charge in [-0.1, -0.05) is 43.7 Å². The molecule has 1 aliphatic rings. The Bertz CT molecular complexity index is 848. The second-order valence-electron chi connectivity index (χ2n) is 10.4. The highest BCUT2D eigenvalue weighted by Gasteiger charge is 2.23. The maximum absolute atomic E-state index is 13.0.